The van der Waals surface area contributed by atoms with Gasteiger partial charge < -0.3 is 29.4 Å². The number of hydrogen-bond donors (Lipinski definition) is 3. The van der Waals surface area contributed by atoms with Crippen molar-refractivity contribution in [3.8, 4) is 16.3 Å². The number of rotatable bonds is 8. The Kier molecular flexibility index (Phi) is 10.6. The normalized spacial score (nSPS) is 27.3. The number of allylic oxidation sites excluding steroid dienone is 1. The first-order valence-electron chi connectivity index (χ1n) is 20.9. The topological polar surface area (TPSA) is 186 Å². The van der Waals surface area contributed by atoms with E-state index in [4.69, 9.17) is 18.9 Å². The van der Waals surface area contributed by atoms with Crippen molar-refractivity contribution in [3.05, 3.63) is 59.5 Å². The number of nitrogens with zero attached hydrogens (tertiary/aromatic N) is 2. The van der Waals surface area contributed by atoms with Crippen LogP contribution in [0.3, 0.4) is 0 Å². The van der Waals surface area contributed by atoms with Crippen molar-refractivity contribution >= 4 is 67.2 Å². The van der Waals surface area contributed by atoms with Crippen LogP contribution in [-0.2, 0) is 29.1 Å². The molecule has 0 unspecified atom stereocenters. The number of para-hydroxylation sites is 1. The summed E-state index contributed by atoms with van der Waals surface area (Å²) in [6.07, 6.45) is 10.2. The number of benzene rings is 1. The van der Waals surface area contributed by atoms with Gasteiger partial charge in [-0.15, -0.1) is 11.3 Å². The van der Waals surface area contributed by atoms with Crippen molar-refractivity contribution in [1.29, 1.82) is 0 Å². The summed E-state index contributed by atoms with van der Waals surface area (Å²) in [5.41, 5.74) is 0.855. The van der Waals surface area contributed by atoms with Gasteiger partial charge >= 0.3 is 6.09 Å². The lowest BCUT2D eigenvalue weighted by molar-refractivity contribution is -0.141. The summed E-state index contributed by atoms with van der Waals surface area (Å²) in [4.78, 5) is 64.9. The van der Waals surface area contributed by atoms with Crippen LogP contribution in [0.25, 0.3) is 32.6 Å². The summed E-state index contributed by atoms with van der Waals surface area (Å²) in [5, 5.41) is 5.95. The minimum absolute atomic E-state index is 0.0111. The molecular weight excluding hydrogens is 795 g/mol. The number of thiophene rings is 1. The Hall–Kier alpha value is -4.96. The minimum atomic E-state index is -3.90. The molecular formula is C43H49N5O9S2. The molecule has 16 heteroatoms. The van der Waals surface area contributed by atoms with E-state index in [9.17, 15) is 27.6 Å². The van der Waals surface area contributed by atoms with E-state index in [2.05, 4.69) is 15.4 Å². The Morgan fingerprint density at radius 1 is 1.00 bits per heavy atom. The molecule has 312 valence electrons. The SMILES string of the molecule is Cc1ccc(-c2cc(O[C@@H]3C[C@H]4C(=O)N[C@]5(C(=O)NS(=O)(=O)C6CC6)C[C@@H]5/C=C\CCCCC[C@H](NC(=O)OC5CCCC5)C(=O)N4C3)c3oc4ccccc4c3n2)s1. The van der Waals surface area contributed by atoms with E-state index in [0.717, 1.165) is 53.7 Å². The van der Waals surface area contributed by atoms with Gasteiger partial charge in [-0.05, 0) is 95.4 Å². The van der Waals surface area contributed by atoms with Crippen LogP contribution in [0.4, 0.5) is 4.79 Å². The number of sulfonamides is 1. The molecule has 1 saturated heterocycles. The lowest BCUT2D eigenvalue weighted by Crippen LogP contribution is -2.58. The van der Waals surface area contributed by atoms with Crippen molar-refractivity contribution in [1.82, 2.24) is 25.2 Å². The standard InChI is InChI=1S/C43H49N5O9S2/c1-25-17-20-36(58-25)32-22-35(38-37(44-32)30-14-9-10-16-34(30)57-38)55-28-21-33-39(49)46-43(41(51)47-59(53,54)29-18-19-29)23-26(43)11-5-3-2-4-6-15-31(40(50)48(33)24-28)45-42(52)56-27-12-7-8-13-27/h5,9-11,14,16-17,20,22,26-29,31,33H,2-4,6-8,12-13,15,18-19,21,23-24H2,1H3,(H,45,52)(H,46,49)(H,47,51)/b11-5-/t26-,28+,31-,33-,43+/m0/s1. The van der Waals surface area contributed by atoms with Gasteiger partial charge in [0.25, 0.3) is 5.91 Å². The van der Waals surface area contributed by atoms with Crippen molar-refractivity contribution in [2.24, 2.45) is 5.92 Å². The average Bonchev–Trinajstić information content (AvgIpc) is 3.89. The second-order valence-electron chi connectivity index (χ2n) is 16.7. The van der Waals surface area contributed by atoms with Crippen LogP contribution in [0.15, 0.2) is 59.0 Å². The van der Waals surface area contributed by atoms with Gasteiger partial charge in [-0.3, -0.25) is 19.1 Å². The number of carbonyl (C=O) groups is 4. The van der Waals surface area contributed by atoms with E-state index in [1.165, 1.54) is 4.90 Å². The number of furan rings is 1. The van der Waals surface area contributed by atoms with Gasteiger partial charge in [-0.2, -0.15) is 0 Å². The molecule has 5 aliphatic rings. The Morgan fingerprint density at radius 2 is 1.80 bits per heavy atom. The molecule has 4 aromatic rings. The molecule has 59 heavy (non-hydrogen) atoms. The van der Waals surface area contributed by atoms with Gasteiger partial charge in [0.05, 0.1) is 22.4 Å². The van der Waals surface area contributed by atoms with Crippen LogP contribution in [0.5, 0.6) is 5.75 Å². The maximum atomic E-state index is 14.7. The average molecular weight is 844 g/mol. The molecule has 9 rings (SSSR count). The Balaban J connectivity index is 1.05. The summed E-state index contributed by atoms with van der Waals surface area (Å²) in [7, 11) is -3.90. The third kappa shape index (κ3) is 8.17. The second-order valence-corrected chi connectivity index (χ2v) is 19.9. The lowest BCUT2D eigenvalue weighted by Gasteiger charge is -2.30. The number of amides is 4. The van der Waals surface area contributed by atoms with E-state index in [-0.39, 0.29) is 25.5 Å². The Morgan fingerprint density at radius 3 is 2.58 bits per heavy atom. The molecule has 1 aromatic carbocycles. The van der Waals surface area contributed by atoms with Crippen LogP contribution in [0.1, 0.15) is 88.3 Å². The van der Waals surface area contributed by atoms with E-state index in [0.29, 0.717) is 60.2 Å². The van der Waals surface area contributed by atoms with Gasteiger partial charge in [0, 0.05) is 28.7 Å². The van der Waals surface area contributed by atoms with E-state index in [1.54, 1.807) is 11.3 Å². The number of carbonyl (C=O) groups excluding carboxylic acids is 4. The zero-order chi connectivity index (χ0) is 40.9. The molecule has 0 radical (unpaired) electrons. The predicted octanol–water partition coefficient (Wildman–Crippen LogP) is 6.41. The van der Waals surface area contributed by atoms with Gasteiger partial charge in [-0.1, -0.05) is 37.1 Å². The molecule has 5 heterocycles. The Bertz CT molecular complexity index is 2430. The van der Waals surface area contributed by atoms with Crippen LogP contribution < -0.4 is 20.1 Å². The maximum Gasteiger partial charge on any atom is 0.408 e. The van der Waals surface area contributed by atoms with Gasteiger partial charge in [0.15, 0.2) is 11.3 Å². The summed E-state index contributed by atoms with van der Waals surface area (Å²) in [6.45, 7) is 2.01. The first kappa shape index (κ1) is 39.5. The molecule has 3 N–H and O–H groups in total. The molecule has 14 nitrogen and oxygen atoms in total. The fraction of sp³-hybridized carbons (Fsp3) is 0.512. The second kappa shape index (κ2) is 15.9. The van der Waals surface area contributed by atoms with Crippen molar-refractivity contribution in [2.45, 2.75) is 125 Å². The molecule has 3 saturated carbocycles. The number of alkyl carbamates (subject to hydrolysis) is 1. The van der Waals surface area contributed by atoms with Crippen molar-refractivity contribution in [3.63, 3.8) is 0 Å². The predicted molar refractivity (Wildman–Crippen MR) is 221 cm³/mol. The Labute approximate surface area is 346 Å². The van der Waals surface area contributed by atoms with Crippen LogP contribution in [0.2, 0.25) is 0 Å². The number of aromatic nitrogens is 1. The number of nitrogens with one attached hydrogen (secondary N) is 3. The molecule has 0 spiro atoms. The van der Waals surface area contributed by atoms with E-state index in [1.807, 2.05) is 61.5 Å². The molecule has 2 aliphatic heterocycles. The minimum Gasteiger partial charge on any atom is -0.484 e. The van der Waals surface area contributed by atoms with Crippen molar-refractivity contribution < 1.29 is 41.5 Å². The molecule has 4 fully saturated rings. The fourth-order valence-corrected chi connectivity index (χ4v) is 11.0. The van der Waals surface area contributed by atoms with E-state index < -0.39 is 68.7 Å². The lowest BCUT2D eigenvalue weighted by atomic mass is 10.0. The highest BCUT2D eigenvalue weighted by atomic mass is 32.2. The monoisotopic (exact) mass is 843 g/mol. The zero-order valence-corrected chi connectivity index (χ0v) is 34.6. The number of ether oxygens (including phenoxy) is 2. The van der Waals surface area contributed by atoms with E-state index >= 15 is 0 Å². The largest absolute Gasteiger partial charge is 0.484 e. The third-order valence-corrected chi connectivity index (χ3v) is 15.1. The quantitative estimate of drug-likeness (QED) is 0.168. The fourth-order valence-electron chi connectivity index (χ4n) is 8.80. The number of fused-ring (bicyclic) bond motifs is 5. The molecule has 3 aromatic heterocycles. The van der Waals surface area contributed by atoms with Gasteiger partial charge in [0.2, 0.25) is 21.8 Å². The van der Waals surface area contributed by atoms with Crippen LogP contribution in [0, 0.1) is 12.8 Å². The summed E-state index contributed by atoms with van der Waals surface area (Å²) in [6, 6.07) is 11.3. The van der Waals surface area contributed by atoms with Crippen LogP contribution >= 0.6 is 11.3 Å². The first-order chi connectivity index (χ1) is 28.5. The van der Waals surface area contributed by atoms with Crippen molar-refractivity contribution in [2.75, 3.05) is 6.54 Å². The summed E-state index contributed by atoms with van der Waals surface area (Å²) in [5.74, 6) is -1.89. The van der Waals surface area contributed by atoms with Crippen LogP contribution in [-0.4, -0.2) is 83.7 Å². The molecule has 0 bridgehead atoms. The molecule has 3 aliphatic carbocycles. The first-order valence-corrected chi connectivity index (χ1v) is 23.2. The molecule has 4 amide bonds. The summed E-state index contributed by atoms with van der Waals surface area (Å²) < 4.78 is 46.9. The van der Waals surface area contributed by atoms with Gasteiger partial charge in [0.1, 0.15) is 40.9 Å². The highest BCUT2D eigenvalue weighted by Crippen LogP contribution is 2.46. The van der Waals surface area contributed by atoms with Gasteiger partial charge in [-0.25, -0.2) is 18.2 Å². The number of aryl methyl sites for hydroxylation is 1. The number of pyridine rings is 1. The number of hydrogen-bond acceptors (Lipinski definition) is 11. The summed E-state index contributed by atoms with van der Waals surface area (Å²) >= 11 is 1.60. The highest BCUT2D eigenvalue weighted by Gasteiger charge is 2.62. The highest BCUT2D eigenvalue weighted by molar-refractivity contribution is 7.91. The third-order valence-electron chi connectivity index (χ3n) is 12.3. The maximum absolute atomic E-state index is 14.7. The smallest absolute Gasteiger partial charge is 0.408 e. The zero-order valence-electron chi connectivity index (χ0n) is 32.9. The molecule has 5 atom stereocenters.